The summed E-state index contributed by atoms with van der Waals surface area (Å²) in [6.45, 7) is 0.962. The largest absolute Gasteiger partial charge is 0.506 e. The Morgan fingerprint density at radius 3 is 3.00 bits per heavy atom. The van der Waals surface area contributed by atoms with Gasteiger partial charge >= 0.3 is 0 Å². The highest BCUT2D eigenvalue weighted by atomic mass is 35.5. The Kier molecular flexibility index (Phi) is 3.33. The van der Waals surface area contributed by atoms with E-state index < -0.39 is 0 Å². The maximum absolute atomic E-state index is 9.63. The van der Waals surface area contributed by atoms with E-state index in [1.54, 1.807) is 18.2 Å². The number of halogens is 1. The summed E-state index contributed by atoms with van der Waals surface area (Å²) in [5, 5.41) is 26.4. The van der Waals surface area contributed by atoms with Gasteiger partial charge in [-0.1, -0.05) is 28.9 Å². The lowest BCUT2D eigenvalue weighted by Crippen LogP contribution is -2.13. The lowest BCUT2D eigenvalue weighted by molar-refractivity contribution is 0.464. The van der Waals surface area contributed by atoms with Crippen molar-refractivity contribution in [2.75, 3.05) is 0 Å². The van der Waals surface area contributed by atoms with Gasteiger partial charge in [0.15, 0.2) is 5.82 Å². The monoisotopic (exact) mass is 239 g/mol. The molecule has 0 atom stereocenters. The summed E-state index contributed by atoms with van der Waals surface area (Å²) in [7, 11) is 0. The smallest absolute Gasteiger partial charge is 0.188 e. The molecule has 0 bridgehead atoms. The van der Waals surface area contributed by atoms with Gasteiger partial charge in [-0.25, -0.2) is 0 Å². The average molecular weight is 240 g/mol. The number of benzene rings is 1. The van der Waals surface area contributed by atoms with Gasteiger partial charge in [-0.15, -0.1) is 10.2 Å². The fourth-order valence-electron chi connectivity index (χ4n) is 1.27. The van der Waals surface area contributed by atoms with Gasteiger partial charge in [0.2, 0.25) is 0 Å². The number of phenols is 1. The van der Waals surface area contributed by atoms with Crippen molar-refractivity contribution < 1.29 is 5.11 Å². The van der Waals surface area contributed by atoms with Crippen molar-refractivity contribution in [1.29, 1.82) is 0 Å². The minimum atomic E-state index is 0.102. The Labute approximate surface area is 96.6 Å². The standard InChI is InChI=1S/C9H10ClN5O/c10-7-3-1-2-6(9(7)16)4-11-5-8-12-14-15-13-8/h1-3,11,16H,4-5H2,(H,12,13,14,15). The quantitative estimate of drug-likeness (QED) is 0.736. The van der Waals surface area contributed by atoms with Crippen LogP contribution in [0.5, 0.6) is 5.75 Å². The zero-order chi connectivity index (χ0) is 11.4. The number of aromatic amines is 1. The highest BCUT2D eigenvalue weighted by molar-refractivity contribution is 6.32. The summed E-state index contributed by atoms with van der Waals surface area (Å²) in [5.74, 6) is 0.672. The zero-order valence-electron chi connectivity index (χ0n) is 8.31. The number of H-pyrrole nitrogens is 1. The molecule has 0 radical (unpaired) electrons. The van der Waals surface area contributed by atoms with Gasteiger partial charge in [-0.2, -0.15) is 5.21 Å². The Balaban J connectivity index is 1.92. The second-order valence-corrected chi connectivity index (χ2v) is 3.59. The van der Waals surface area contributed by atoms with E-state index in [4.69, 9.17) is 11.6 Å². The van der Waals surface area contributed by atoms with Crippen LogP contribution in [0.25, 0.3) is 0 Å². The molecule has 2 rings (SSSR count). The van der Waals surface area contributed by atoms with Gasteiger partial charge in [0.1, 0.15) is 5.75 Å². The van der Waals surface area contributed by atoms with Crippen molar-refractivity contribution in [1.82, 2.24) is 25.9 Å². The van der Waals surface area contributed by atoms with Gasteiger partial charge < -0.3 is 10.4 Å². The Bertz CT molecular complexity index is 459. The Morgan fingerprint density at radius 1 is 1.38 bits per heavy atom. The van der Waals surface area contributed by atoms with Crippen LogP contribution < -0.4 is 5.32 Å². The molecule has 0 saturated heterocycles. The predicted octanol–water partition coefficient (Wildman–Crippen LogP) is 0.848. The summed E-state index contributed by atoms with van der Waals surface area (Å²) in [4.78, 5) is 0. The van der Waals surface area contributed by atoms with Gasteiger partial charge in [-0.05, 0) is 6.07 Å². The molecule has 16 heavy (non-hydrogen) atoms. The Hall–Kier alpha value is -1.66. The highest BCUT2D eigenvalue weighted by Crippen LogP contribution is 2.26. The number of hydrogen-bond donors (Lipinski definition) is 3. The third kappa shape index (κ3) is 2.47. The third-order valence-electron chi connectivity index (χ3n) is 2.06. The van der Waals surface area contributed by atoms with Gasteiger partial charge in [0, 0.05) is 12.1 Å². The summed E-state index contributed by atoms with van der Waals surface area (Å²) in [6, 6.07) is 5.22. The number of rotatable bonds is 4. The second kappa shape index (κ2) is 4.91. The summed E-state index contributed by atoms with van der Waals surface area (Å²) >= 11 is 5.77. The van der Waals surface area contributed by atoms with E-state index in [2.05, 4.69) is 25.9 Å². The molecule has 1 heterocycles. The summed E-state index contributed by atoms with van der Waals surface area (Å²) < 4.78 is 0. The molecule has 7 heteroatoms. The normalized spacial score (nSPS) is 10.6. The van der Waals surface area contributed by atoms with Crippen molar-refractivity contribution in [2.24, 2.45) is 0 Å². The van der Waals surface area contributed by atoms with Crippen LogP contribution in [0.3, 0.4) is 0 Å². The number of tetrazole rings is 1. The summed E-state index contributed by atoms with van der Waals surface area (Å²) in [5.41, 5.74) is 0.732. The SMILES string of the molecule is Oc1c(Cl)cccc1CNCc1nn[nH]n1. The molecule has 2 aromatic rings. The lowest BCUT2D eigenvalue weighted by atomic mass is 10.2. The molecule has 1 aromatic heterocycles. The molecule has 3 N–H and O–H groups in total. The van der Waals surface area contributed by atoms with E-state index >= 15 is 0 Å². The number of phenolic OH excluding ortho intramolecular Hbond substituents is 1. The van der Waals surface area contributed by atoms with Crippen LogP contribution in [0.4, 0.5) is 0 Å². The minimum absolute atomic E-state index is 0.102. The number of para-hydroxylation sites is 1. The highest BCUT2D eigenvalue weighted by Gasteiger charge is 2.05. The van der Waals surface area contributed by atoms with E-state index in [9.17, 15) is 5.11 Å². The number of aromatic hydroxyl groups is 1. The van der Waals surface area contributed by atoms with E-state index in [0.29, 0.717) is 23.9 Å². The van der Waals surface area contributed by atoms with Crippen LogP contribution in [0.2, 0.25) is 5.02 Å². The first-order valence-corrected chi connectivity index (χ1v) is 5.04. The van der Waals surface area contributed by atoms with Gasteiger partial charge in [-0.3, -0.25) is 0 Å². The number of nitrogens with one attached hydrogen (secondary N) is 2. The topological polar surface area (TPSA) is 86.7 Å². The number of aromatic nitrogens is 4. The van der Waals surface area contributed by atoms with Crippen molar-refractivity contribution in [3.05, 3.63) is 34.6 Å². The Morgan fingerprint density at radius 2 is 2.25 bits per heavy atom. The van der Waals surface area contributed by atoms with Crippen LogP contribution in [0.1, 0.15) is 11.4 Å². The predicted molar refractivity (Wildman–Crippen MR) is 57.8 cm³/mol. The van der Waals surface area contributed by atoms with Crippen LogP contribution in [0.15, 0.2) is 18.2 Å². The molecule has 0 fully saturated rings. The lowest BCUT2D eigenvalue weighted by Gasteiger charge is -2.05. The molecular formula is C9H10ClN5O. The molecule has 1 aromatic carbocycles. The number of hydrogen-bond acceptors (Lipinski definition) is 5. The second-order valence-electron chi connectivity index (χ2n) is 3.18. The van der Waals surface area contributed by atoms with Crippen molar-refractivity contribution in [3.63, 3.8) is 0 Å². The molecule has 6 nitrogen and oxygen atoms in total. The van der Waals surface area contributed by atoms with Crippen LogP contribution in [0, 0.1) is 0 Å². The van der Waals surface area contributed by atoms with Crippen molar-refractivity contribution >= 4 is 11.6 Å². The van der Waals surface area contributed by atoms with Crippen molar-refractivity contribution in [3.8, 4) is 5.75 Å². The molecule has 0 aliphatic carbocycles. The fraction of sp³-hybridized carbons (Fsp3) is 0.222. The molecular weight excluding hydrogens is 230 g/mol. The average Bonchev–Trinajstić information content (AvgIpc) is 2.77. The summed E-state index contributed by atoms with van der Waals surface area (Å²) in [6.07, 6.45) is 0. The molecule has 0 spiro atoms. The van der Waals surface area contributed by atoms with Crippen molar-refractivity contribution in [2.45, 2.75) is 13.1 Å². The fourth-order valence-corrected chi connectivity index (χ4v) is 1.46. The van der Waals surface area contributed by atoms with Crippen LogP contribution >= 0.6 is 11.6 Å². The maximum Gasteiger partial charge on any atom is 0.188 e. The molecule has 0 amide bonds. The van der Waals surface area contributed by atoms with E-state index in [1.165, 1.54) is 0 Å². The van der Waals surface area contributed by atoms with E-state index in [0.717, 1.165) is 5.56 Å². The molecule has 0 aliphatic heterocycles. The molecule has 84 valence electrons. The van der Waals surface area contributed by atoms with Gasteiger partial charge in [0.05, 0.1) is 11.6 Å². The minimum Gasteiger partial charge on any atom is -0.506 e. The first kappa shape index (κ1) is 10.8. The number of nitrogens with zero attached hydrogens (tertiary/aromatic N) is 3. The van der Waals surface area contributed by atoms with Crippen LogP contribution in [-0.2, 0) is 13.1 Å². The van der Waals surface area contributed by atoms with E-state index in [1.807, 2.05) is 0 Å². The maximum atomic E-state index is 9.63. The molecule has 0 aliphatic rings. The van der Waals surface area contributed by atoms with E-state index in [-0.39, 0.29) is 5.75 Å². The molecule has 0 unspecified atom stereocenters. The first-order valence-electron chi connectivity index (χ1n) is 4.67. The zero-order valence-corrected chi connectivity index (χ0v) is 9.07. The molecule has 0 saturated carbocycles. The first-order chi connectivity index (χ1) is 7.77. The third-order valence-corrected chi connectivity index (χ3v) is 2.36. The van der Waals surface area contributed by atoms with Gasteiger partial charge in [0.25, 0.3) is 0 Å². The van der Waals surface area contributed by atoms with Crippen LogP contribution in [-0.4, -0.2) is 25.7 Å².